The van der Waals surface area contributed by atoms with Crippen LogP contribution in [0.5, 0.6) is 0 Å². The number of amides is 2. The van der Waals surface area contributed by atoms with E-state index in [2.05, 4.69) is 24.2 Å². The Bertz CT molecular complexity index is 390. The second-order valence-corrected chi connectivity index (χ2v) is 6.99. The number of likely N-dealkylation sites (N-methyl/N-ethyl adjacent to an activating group) is 1. The zero-order valence-corrected chi connectivity index (χ0v) is 13.6. The molecule has 2 atom stereocenters. The van der Waals surface area contributed by atoms with Gasteiger partial charge in [-0.25, -0.2) is 9.59 Å². The molecule has 2 unspecified atom stereocenters. The fourth-order valence-corrected chi connectivity index (χ4v) is 4.14. The first-order valence-corrected chi connectivity index (χ1v) is 8.70. The number of carbonyl (C=O) groups excluding carboxylic acids is 1. The highest BCUT2D eigenvalue weighted by molar-refractivity contribution is 8.00. The first-order chi connectivity index (χ1) is 10.0. The number of carboxylic acid groups (broad SMARTS) is 1. The summed E-state index contributed by atoms with van der Waals surface area (Å²) in [4.78, 5) is 27.4. The molecule has 120 valence electrons. The van der Waals surface area contributed by atoms with Gasteiger partial charge in [-0.15, -0.1) is 11.8 Å². The molecule has 0 aromatic rings. The number of thioether (sulfide) groups is 1. The van der Waals surface area contributed by atoms with E-state index in [0.29, 0.717) is 18.3 Å². The van der Waals surface area contributed by atoms with E-state index >= 15 is 0 Å². The molecule has 0 spiro atoms. The first-order valence-electron chi connectivity index (χ1n) is 7.65. The van der Waals surface area contributed by atoms with Crippen LogP contribution in [0.2, 0.25) is 0 Å². The Hall–Kier alpha value is -0.950. The zero-order chi connectivity index (χ0) is 15.4. The highest BCUT2D eigenvalue weighted by Gasteiger charge is 2.41. The molecule has 0 aromatic carbocycles. The first kappa shape index (κ1) is 16.4. The van der Waals surface area contributed by atoms with Crippen molar-refractivity contribution in [2.24, 2.45) is 0 Å². The van der Waals surface area contributed by atoms with Crippen LogP contribution in [-0.2, 0) is 4.79 Å². The summed E-state index contributed by atoms with van der Waals surface area (Å²) in [6, 6.07) is -0.272. The van der Waals surface area contributed by atoms with Gasteiger partial charge in [-0.05, 0) is 26.3 Å². The normalized spacial score (nSPS) is 25.4. The number of rotatable bonds is 7. The smallest absolute Gasteiger partial charge is 0.327 e. The molecule has 2 rings (SSSR count). The van der Waals surface area contributed by atoms with Crippen molar-refractivity contribution in [1.29, 1.82) is 0 Å². The van der Waals surface area contributed by atoms with Gasteiger partial charge < -0.3 is 15.3 Å². The van der Waals surface area contributed by atoms with E-state index in [1.165, 1.54) is 17.7 Å². The van der Waals surface area contributed by atoms with Gasteiger partial charge in [-0.3, -0.25) is 4.90 Å². The van der Waals surface area contributed by atoms with Gasteiger partial charge in [0.1, 0.15) is 6.04 Å². The molecule has 0 bridgehead atoms. The molecule has 2 aliphatic rings. The Labute approximate surface area is 130 Å². The maximum Gasteiger partial charge on any atom is 0.327 e. The van der Waals surface area contributed by atoms with Gasteiger partial charge in [0, 0.05) is 24.9 Å². The highest BCUT2D eigenvalue weighted by Crippen LogP contribution is 2.32. The predicted octanol–water partition coefficient (Wildman–Crippen LogP) is 1.42. The fraction of sp³-hybridized carbons (Fsp3) is 0.857. The number of carbonyl (C=O) groups is 2. The monoisotopic (exact) mass is 315 g/mol. The maximum absolute atomic E-state index is 12.3. The highest BCUT2D eigenvalue weighted by atomic mass is 32.2. The maximum atomic E-state index is 12.3. The predicted molar refractivity (Wildman–Crippen MR) is 83.5 cm³/mol. The van der Waals surface area contributed by atoms with E-state index in [1.54, 1.807) is 11.8 Å². The number of urea groups is 1. The lowest BCUT2D eigenvalue weighted by atomic mass is 10.2. The van der Waals surface area contributed by atoms with Crippen molar-refractivity contribution in [3.63, 3.8) is 0 Å². The molecular formula is C14H25N3O3S. The van der Waals surface area contributed by atoms with Crippen LogP contribution in [0.4, 0.5) is 4.79 Å². The van der Waals surface area contributed by atoms with E-state index in [0.717, 1.165) is 19.4 Å². The Morgan fingerprint density at radius 3 is 2.71 bits per heavy atom. The lowest BCUT2D eigenvalue weighted by Gasteiger charge is -2.27. The van der Waals surface area contributed by atoms with Crippen molar-refractivity contribution < 1.29 is 14.7 Å². The van der Waals surface area contributed by atoms with Gasteiger partial charge in [-0.2, -0.15) is 0 Å². The molecule has 6 nitrogen and oxygen atoms in total. The van der Waals surface area contributed by atoms with Crippen molar-refractivity contribution in [3.8, 4) is 0 Å². The lowest BCUT2D eigenvalue weighted by Crippen LogP contribution is -2.51. The van der Waals surface area contributed by atoms with Crippen molar-refractivity contribution in [3.05, 3.63) is 0 Å². The SMILES string of the molecule is CCCC1SCC(C(=O)O)N1C(=O)NCCN(C)C1CC1. The van der Waals surface area contributed by atoms with Crippen LogP contribution in [0.1, 0.15) is 32.6 Å². The molecule has 21 heavy (non-hydrogen) atoms. The van der Waals surface area contributed by atoms with Crippen LogP contribution < -0.4 is 5.32 Å². The summed E-state index contributed by atoms with van der Waals surface area (Å²) in [5.41, 5.74) is 0. The van der Waals surface area contributed by atoms with Crippen LogP contribution in [0.15, 0.2) is 0 Å². The van der Waals surface area contributed by atoms with Gasteiger partial charge in [0.2, 0.25) is 0 Å². The minimum absolute atomic E-state index is 0.0164. The summed E-state index contributed by atoms with van der Waals surface area (Å²) in [5, 5.41) is 12.1. The van der Waals surface area contributed by atoms with Crippen molar-refractivity contribution in [2.75, 3.05) is 25.9 Å². The number of hydrogen-bond donors (Lipinski definition) is 2. The van der Waals surface area contributed by atoms with Crippen molar-refractivity contribution in [1.82, 2.24) is 15.1 Å². The third-order valence-electron chi connectivity index (χ3n) is 4.06. The summed E-state index contributed by atoms with van der Waals surface area (Å²) in [5.74, 6) is -0.429. The molecule has 2 N–H and O–H groups in total. The van der Waals surface area contributed by atoms with Gasteiger partial charge in [0.05, 0.1) is 5.37 Å². The number of nitrogens with one attached hydrogen (secondary N) is 1. The topological polar surface area (TPSA) is 72.9 Å². The summed E-state index contributed by atoms with van der Waals surface area (Å²) in [6.07, 6.45) is 4.27. The van der Waals surface area contributed by atoms with Gasteiger partial charge in [0.25, 0.3) is 0 Å². The molecule has 2 amide bonds. The number of nitrogens with zero attached hydrogens (tertiary/aromatic N) is 2. The van der Waals surface area contributed by atoms with E-state index in [9.17, 15) is 14.7 Å². The summed E-state index contributed by atoms with van der Waals surface area (Å²) in [7, 11) is 2.06. The molecule has 1 aliphatic carbocycles. The lowest BCUT2D eigenvalue weighted by molar-refractivity contribution is -0.141. The fourth-order valence-electron chi connectivity index (χ4n) is 2.62. The quantitative estimate of drug-likeness (QED) is 0.743. The summed E-state index contributed by atoms with van der Waals surface area (Å²) >= 11 is 1.57. The molecule has 7 heteroatoms. The molecule has 1 aliphatic heterocycles. The summed E-state index contributed by atoms with van der Waals surface area (Å²) in [6.45, 7) is 3.43. The number of carboxylic acids is 1. The van der Waals surface area contributed by atoms with Gasteiger partial charge in [-0.1, -0.05) is 13.3 Å². The largest absolute Gasteiger partial charge is 0.480 e. The Morgan fingerprint density at radius 2 is 2.14 bits per heavy atom. The van der Waals surface area contributed by atoms with Gasteiger partial charge >= 0.3 is 12.0 Å². The summed E-state index contributed by atoms with van der Waals surface area (Å²) < 4.78 is 0. The van der Waals surface area contributed by atoms with E-state index in [1.807, 2.05) is 0 Å². The van der Waals surface area contributed by atoms with E-state index in [-0.39, 0.29) is 11.4 Å². The minimum Gasteiger partial charge on any atom is -0.480 e. The number of aliphatic carboxylic acids is 1. The molecule has 0 aromatic heterocycles. The van der Waals surface area contributed by atoms with Crippen molar-refractivity contribution >= 4 is 23.8 Å². The van der Waals surface area contributed by atoms with E-state index < -0.39 is 12.0 Å². The standard InChI is InChI=1S/C14H25N3O3S/c1-3-4-12-17(11(9-21-12)13(18)19)14(20)15-7-8-16(2)10-5-6-10/h10-12H,3-9H2,1-2H3,(H,15,20)(H,18,19). The second-order valence-electron chi connectivity index (χ2n) is 5.78. The molecular weight excluding hydrogens is 290 g/mol. The van der Waals surface area contributed by atoms with Crippen LogP contribution in [0.25, 0.3) is 0 Å². The average Bonchev–Trinajstić information content (AvgIpc) is 3.20. The van der Waals surface area contributed by atoms with E-state index in [4.69, 9.17) is 0 Å². The molecule has 1 heterocycles. The Balaban J connectivity index is 1.85. The molecule has 1 saturated carbocycles. The molecule has 1 saturated heterocycles. The van der Waals surface area contributed by atoms with Crippen LogP contribution in [-0.4, -0.2) is 70.3 Å². The van der Waals surface area contributed by atoms with Crippen LogP contribution >= 0.6 is 11.8 Å². The van der Waals surface area contributed by atoms with Gasteiger partial charge in [0.15, 0.2) is 0 Å². The van der Waals surface area contributed by atoms with Crippen LogP contribution in [0.3, 0.4) is 0 Å². The van der Waals surface area contributed by atoms with Crippen LogP contribution in [0, 0.1) is 0 Å². The third kappa shape index (κ3) is 4.26. The number of hydrogen-bond acceptors (Lipinski definition) is 4. The molecule has 2 fully saturated rings. The average molecular weight is 315 g/mol. The minimum atomic E-state index is -0.911. The van der Waals surface area contributed by atoms with Crippen molar-refractivity contribution in [2.45, 2.75) is 50.1 Å². The third-order valence-corrected chi connectivity index (χ3v) is 5.41. The Morgan fingerprint density at radius 1 is 1.43 bits per heavy atom. The zero-order valence-electron chi connectivity index (χ0n) is 12.7. The molecule has 0 radical (unpaired) electrons. The second kappa shape index (κ2) is 7.35. The Kier molecular flexibility index (Phi) is 5.75.